The van der Waals surface area contributed by atoms with Gasteiger partial charge in [-0.1, -0.05) is 33.1 Å². The van der Waals surface area contributed by atoms with E-state index in [1.54, 1.807) is 0 Å². The van der Waals surface area contributed by atoms with E-state index in [0.29, 0.717) is 6.10 Å². The van der Waals surface area contributed by atoms with Crippen molar-refractivity contribution >= 4 is 0 Å². The molecule has 2 atom stereocenters. The van der Waals surface area contributed by atoms with Crippen molar-refractivity contribution in [3.05, 3.63) is 0 Å². The normalized spacial score (nSPS) is 26.8. The maximum absolute atomic E-state index is 5.97. The van der Waals surface area contributed by atoms with Crippen molar-refractivity contribution in [2.45, 2.75) is 58.5 Å². The SMILES string of the molecule is CCCNCCOC1CCCCC1CC. The van der Waals surface area contributed by atoms with E-state index in [2.05, 4.69) is 19.2 Å². The molecule has 2 unspecified atom stereocenters. The van der Waals surface area contributed by atoms with Gasteiger partial charge in [-0.15, -0.1) is 0 Å². The summed E-state index contributed by atoms with van der Waals surface area (Å²) in [6, 6.07) is 0. The fourth-order valence-corrected chi connectivity index (χ4v) is 2.44. The first-order valence-electron chi connectivity index (χ1n) is 6.70. The van der Waals surface area contributed by atoms with Gasteiger partial charge in [0.25, 0.3) is 0 Å². The van der Waals surface area contributed by atoms with Crippen molar-refractivity contribution in [1.82, 2.24) is 5.32 Å². The molecule has 0 aliphatic heterocycles. The van der Waals surface area contributed by atoms with Gasteiger partial charge in [-0.25, -0.2) is 0 Å². The van der Waals surface area contributed by atoms with Gasteiger partial charge in [0.2, 0.25) is 0 Å². The van der Waals surface area contributed by atoms with Crippen LogP contribution < -0.4 is 5.32 Å². The summed E-state index contributed by atoms with van der Waals surface area (Å²) in [5.41, 5.74) is 0. The molecule has 0 saturated heterocycles. The van der Waals surface area contributed by atoms with Crippen molar-refractivity contribution in [2.24, 2.45) is 5.92 Å². The fraction of sp³-hybridized carbons (Fsp3) is 1.00. The fourth-order valence-electron chi connectivity index (χ4n) is 2.44. The molecule has 1 fully saturated rings. The smallest absolute Gasteiger partial charge is 0.0603 e. The highest BCUT2D eigenvalue weighted by molar-refractivity contribution is 4.74. The number of ether oxygens (including phenoxy) is 1. The van der Waals surface area contributed by atoms with E-state index < -0.39 is 0 Å². The Morgan fingerprint density at radius 3 is 2.67 bits per heavy atom. The lowest BCUT2D eigenvalue weighted by Crippen LogP contribution is -2.30. The summed E-state index contributed by atoms with van der Waals surface area (Å²) < 4.78 is 5.97. The van der Waals surface area contributed by atoms with Crippen LogP contribution >= 0.6 is 0 Å². The zero-order valence-corrected chi connectivity index (χ0v) is 10.4. The minimum atomic E-state index is 0.548. The van der Waals surface area contributed by atoms with Gasteiger partial charge in [0.1, 0.15) is 0 Å². The van der Waals surface area contributed by atoms with Crippen molar-refractivity contribution in [3.8, 4) is 0 Å². The Hall–Kier alpha value is -0.0800. The zero-order chi connectivity index (χ0) is 10.9. The van der Waals surface area contributed by atoms with E-state index in [4.69, 9.17) is 4.74 Å². The van der Waals surface area contributed by atoms with Crippen molar-refractivity contribution in [1.29, 1.82) is 0 Å². The van der Waals surface area contributed by atoms with Gasteiger partial charge < -0.3 is 10.1 Å². The molecule has 15 heavy (non-hydrogen) atoms. The summed E-state index contributed by atoms with van der Waals surface area (Å²) in [5, 5.41) is 3.38. The van der Waals surface area contributed by atoms with E-state index >= 15 is 0 Å². The summed E-state index contributed by atoms with van der Waals surface area (Å²) in [6.45, 7) is 7.51. The second-order valence-electron chi connectivity index (χ2n) is 4.61. The Balaban J connectivity index is 2.07. The van der Waals surface area contributed by atoms with Crippen LogP contribution in [0.5, 0.6) is 0 Å². The number of rotatable bonds is 7. The standard InChI is InChI=1S/C13H27NO/c1-3-9-14-10-11-15-13-8-6-5-7-12(13)4-2/h12-14H,3-11H2,1-2H3. The third-order valence-electron chi connectivity index (χ3n) is 3.40. The summed E-state index contributed by atoms with van der Waals surface area (Å²) in [5.74, 6) is 0.824. The molecule has 0 aromatic carbocycles. The molecule has 0 aromatic heterocycles. The average molecular weight is 213 g/mol. The van der Waals surface area contributed by atoms with Crippen LogP contribution in [-0.2, 0) is 4.74 Å². The van der Waals surface area contributed by atoms with Crippen LogP contribution in [0, 0.1) is 5.92 Å². The van der Waals surface area contributed by atoms with E-state index in [0.717, 1.165) is 25.6 Å². The average Bonchev–Trinajstić information content (AvgIpc) is 2.29. The van der Waals surface area contributed by atoms with Crippen LogP contribution in [-0.4, -0.2) is 25.8 Å². The van der Waals surface area contributed by atoms with Crippen LogP contribution in [0.3, 0.4) is 0 Å². The predicted molar refractivity (Wildman–Crippen MR) is 65.1 cm³/mol. The first-order valence-corrected chi connectivity index (χ1v) is 6.70. The minimum Gasteiger partial charge on any atom is -0.377 e. The maximum Gasteiger partial charge on any atom is 0.0603 e. The molecular formula is C13H27NO. The van der Waals surface area contributed by atoms with E-state index in [1.807, 2.05) is 0 Å². The topological polar surface area (TPSA) is 21.3 Å². The van der Waals surface area contributed by atoms with Gasteiger partial charge in [0, 0.05) is 6.54 Å². The van der Waals surface area contributed by atoms with Gasteiger partial charge in [-0.2, -0.15) is 0 Å². The Morgan fingerprint density at radius 1 is 1.13 bits per heavy atom. The highest BCUT2D eigenvalue weighted by Gasteiger charge is 2.23. The maximum atomic E-state index is 5.97. The third kappa shape index (κ3) is 4.98. The number of nitrogens with one attached hydrogen (secondary N) is 1. The zero-order valence-electron chi connectivity index (χ0n) is 10.4. The van der Waals surface area contributed by atoms with Crippen LogP contribution in [0.1, 0.15) is 52.4 Å². The molecule has 1 aliphatic rings. The third-order valence-corrected chi connectivity index (χ3v) is 3.40. The summed E-state index contributed by atoms with van der Waals surface area (Å²) >= 11 is 0. The number of hydrogen-bond donors (Lipinski definition) is 1. The highest BCUT2D eigenvalue weighted by atomic mass is 16.5. The second kappa shape index (κ2) is 8.12. The molecule has 1 N–H and O–H groups in total. The molecule has 0 spiro atoms. The van der Waals surface area contributed by atoms with Gasteiger partial charge in [-0.05, 0) is 31.7 Å². The van der Waals surface area contributed by atoms with E-state index in [-0.39, 0.29) is 0 Å². The Labute approximate surface area is 94.8 Å². The lowest BCUT2D eigenvalue weighted by Gasteiger charge is -2.30. The summed E-state index contributed by atoms with van der Waals surface area (Å²) in [7, 11) is 0. The lowest BCUT2D eigenvalue weighted by molar-refractivity contribution is -0.0102. The Morgan fingerprint density at radius 2 is 1.93 bits per heavy atom. The molecule has 0 amide bonds. The first-order chi connectivity index (χ1) is 7.38. The van der Waals surface area contributed by atoms with Crippen molar-refractivity contribution in [2.75, 3.05) is 19.7 Å². The van der Waals surface area contributed by atoms with Gasteiger partial charge >= 0.3 is 0 Å². The summed E-state index contributed by atoms with van der Waals surface area (Å²) in [4.78, 5) is 0. The van der Waals surface area contributed by atoms with E-state index in [9.17, 15) is 0 Å². The molecule has 1 saturated carbocycles. The molecule has 0 radical (unpaired) electrons. The molecule has 1 aliphatic carbocycles. The van der Waals surface area contributed by atoms with Crippen LogP contribution in [0.25, 0.3) is 0 Å². The first kappa shape index (κ1) is 13.0. The molecule has 90 valence electrons. The molecule has 0 heterocycles. The monoisotopic (exact) mass is 213 g/mol. The van der Waals surface area contributed by atoms with Crippen molar-refractivity contribution < 1.29 is 4.74 Å². The summed E-state index contributed by atoms with van der Waals surface area (Å²) in [6.07, 6.45) is 8.48. The van der Waals surface area contributed by atoms with Crippen LogP contribution in [0.15, 0.2) is 0 Å². The van der Waals surface area contributed by atoms with Gasteiger partial charge in [-0.3, -0.25) is 0 Å². The Kier molecular flexibility index (Phi) is 7.03. The quantitative estimate of drug-likeness (QED) is 0.656. The lowest BCUT2D eigenvalue weighted by atomic mass is 9.85. The van der Waals surface area contributed by atoms with Crippen LogP contribution in [0.4, 0.5) is 0 Å². The molecular weight excluding hydrogens is 186 g/mol. The minimum absolute atomic E-state index is 0.548. The van der Waals surface area contributed by atoms with Crippen molar-refractivity contribution in [3.63, 3.8) is 0 Å². The van der Waals surface area contributed by atoms with E-state index in [1.165, 1.54) is 38.5 Å². The molecule has 2 nitrogen and oxygen atoms in total. The van der Waals surface area contributed by atoms with Gasteiger partial charge in [0.15, 0.2) is 0 Å². The van der Waals surface area contributed by atoms with Gasteiger partial charge in [0.05, 0.1) is 12.7 Å². The molecule has 1 rings (SSSR count). The largest absolute Gasteiger partial charge is 0.377 e. The Bertz CT molecular complexity index is 149. The molecule has 2 heteroatoms. The number of hydrogen-bond acceptors (Lipinski definition) is 2. The molecule has 0 aromatic rings. The highest BCUT2D eigenvalue weighted by Crippen LogP contribution is 2.28. The molecule has 0 bridgehead atoms. The predicted octanol–water partition coefficient (Wildman–Crippen LogP) is 2.97. The second-order valence-corrected chi connectivity index (χ2v) is 4.61. The van der Waals surface area contributed by atoms with Crippen LogP contribution in [0.2, 0.25) is 0 Å².